The van der Waals surface area contributed by atoms with E-state index in [0.717, 1.165) is 12.8 Å². The third-order valence-electron chi connectivity index (χ3n) is 4.09. The van der Waals surface area contributed by atoms with Gasteiger partial charge in [-0.3, -0.25) is 9.59 Å². The minimum Gasteiger partial charge on any atom is -0.465 e. The summed E-state index contributed by atoms with van der Waals surface area (Å²) in [5.41, 5.74) is -0.984. The Morgan fingerprint density at radius 2 is 1.71 bits per heavy atom. The Kier molecular flexibility index (Phi) is 2.64. The molecule has 96 valence electrons. The van der Waals surface area contributed by atoms with E-state index in [1.165, 1.54) is 12.8 Å². The molecule has 0 saturated heterocycles. The Bertz CT molecular complexity index is 350. The Morgan fingerprint density at radius 3 is 2.06 bits per heavy atom. The highest BCUT2D eigenvalue weighted by Gasteiger charge is 2.69. The van der Waals surface area contributed by atoms with Gasteiger partial charge in [0.05, 0.1) is 6.61 Å². The van der Waals surface area contributed by atoms with Gasteiger partial charge in [0.25, 0.3) is 0 Å². The lowest BCUT2D eigenvalue weighted by Gasteiger charge is -2.47. The summed E-state index contributed by atoms with van der Waals surface area (Å²) < 4.78 is 5.13. The van der Waals surface area contributed by atoms with E-state index < -0.39 is 10.8 Å². The number of hydrogen-bond donors (Lipinski definition) is 0. The van der Waals surface area contributed by atoms with Crippen molar-refractivity contribution in [1.29, 1.82) is 0 Å². The maximum absolute atomic E-state index is 12.5. The standard InChI is InChI=1S/C14H22O3/c1-5-17-11(16)14(10(15)12(2,3)4)8-13(9-14)6-7-13/h5-9H2,1-4H3. The van der Waals surface area contributed by atoms with E-state index in [4.69, 9.17) is 4.74 Å². The third-order valence-corrected chi connectivity index (χ3v) is 4.09. The molecule has 2 aliphatic rings. The molecule has 2 saturated carbocycles. The van der Waals surface area contributed by atoms with Crippen molar-refractivity contribution in [3.8, 4) is 0 Å². The number of hydrogen-bond acceptors (Lipinski definition) is 3. The normalized spacial score (nSPS) is 24.0. The highest BCUT2D eigenvalue weighted by Crippen LogP contribution is 2.70. The molecule has 2 rings (SSSR count). The third kappa shape index (κ3) is 1.90. The number of ketones is 1. The van der Waals surface area contributed by atoms with Crippen LogP contribution in [0.5, 0.6) is 0 Å². The molecule has 0 aromatic carbocycles. The van der Waals surface area contributed by atoms with E-state index in [0.29, 0.717) is 12.0 Å². The first-order chi connectivity index (χ1) is 7.76. The van der Waals surface area contributed by atoms with E-state index in [1.807, 2.05) is 20.8 Å². The number of Topliss-reactive ketones (excluding diaryl/α,β-unsaturated/α-hetero) is 1. The monoisotopic (exact) mass is 238 g/mol. The molecule has 2 aliphatic carbocycles. The number of ether oxygens (including phenoxy) is 1. The van der Waals surface area contributed by atoms with Crippen LogP contribution in [0.25, 0.3) is 0 Å². The minimum atomic E-state index is -0.829. The van der Waals surface area contributed by atoms with Crippen molar-refractivity contribution < 1.29 is 14.3 Å². The zero-order valence-electron chi connectivity index (χ0n) is 11.3. The van der Waals surface area contributed by atoms with Crippen LogP contribution in [-0.2, 0) is 14.3 Å². The quantitative estimate of drug-likeness (QED) is 0.561. The molecule has 0 bridgehead atoms. The second kappa shape index (κ2) is 3.56. The van der Waals surface area contributed by atoms with Crippen LogP contribution in [0.1, 0.15) is 53.4 Å². The van der Waals surface area contributed by atoms with Gasteiger partial charge in [0, 0.05) is 5.41 Å². The maximum atomic E-state index is 12.5. The summed E-state index contributed by atoms with van der Waals surface area (Å²) >= 11 is 0. The van der Waals surface area contributed by atoms with Gasteiger partial charge in [0.2, 0.25) is 0 Å². The number of carbonyl (C=O) groups excluding carboxylic acids is 2. The van der Waals surface area contributed by atoms with Crippen molar-refractivity contribution in [3.05, 3.63) is 0 Å². The Hall–Kier alpha value is -0.860. The van der Waals surface area contributed by atoms with Crippen molar-refractivity contribution in [2.75, 3.05) is 6.61 Å². The molecular weight excluding hydrogens is 216 g/mol. The maximum Gasteiger partial charge on any atom is 0.319 e. The Morgan fingerprint density at radius 1 is 1.18 bits per heavy atom. The first kappa shape index (κ1) is 12.6. The summed E-state index contributed by atoms with van der Waals surface area (Å²) in [6.45, 7) is 7.79. The van der Waals surface area contributed by atoms with Crippen molar-refractivity contribution in [1.82, 2.24) is 0 Å². The van der Waals surface area contributed by atoms with E-state index >= 15 is 0 Å². The van der Waals surface area contributed by atoms with Crippen LogP contribution >= 0.6 is 0 Å². The lowest BCUT2D eigenvalue weighted by atomic mass is 9.54. The zero-order valence-corrected chi connectivity index (χ0v) is 11.3. The lowest BCUT2D eigenvalue weighted by molar-refractivity contribution is -0.175. The number of carbonyl (C=O) groups is 2. The summed E-state index contributed by atoms with van der Waals surface area (Å²) in [4.78, 5) is 24.6. The molecule has 17 heavy (non-hydrogen) atoms. The first-order valence-electron chi connectivity index (χ1n) is 6.48. The van der Waals surface area contributed by atoms with Crippen molar-refractivity contribution in [2.24, 2.45) is 16.2 Å². The van der Waals surface area contributed by atoms with E-state index in [-0.39, 0.29) is 11.8 Å². The molecule has 0 atom stereocenters. The minimum absolute atomic E-state index is 0.0565. The van der Waals surface area contributed by atoms with Gasteiger partial charge in [-0.25, -0.2) is 0 Å². The molecule has 3 nitrogen and oxygen atoms in total. The fourth-order valence-corrected chi connectivity index (χ4v) is 3.14. The summed E-state index contributed by atoms with van der Waals surface area (Å²) in [6.07, 6.45) is 3.78. The molecule has 3 heteroatoms. The van der Waals surface area contributed by atoms with E-state index in [9.17, 15) is 9.59 Å². The molecule has 0 N–H and O–H groups in total. The molecular formula is C14H22O3. The van der Waals surface area contributed by atoms with Gasteiger partial charge in [0.1, 0.15) is 5.41 Å². The smallest absolute Gasteiger partial charge is 0.319 e. The zero-order chi connectivity index (χ0) is 12.9. The van der Waals surface area contributed by atoms with Crippen LogP contribution in [0.4, 0.5) is 0 Å². The average Bonchev–Trinajstić information content (AvgIpc) is 2.92. The second-order valence-corrected chi connectivity index (χ2v) is 6.74. The van der Waals surface area contributed by atoms with Gasteiger partial charge in [-0.1, -0.05) is 20.8 Å². The van der Waals surface area contributed by atoms with Crippen LogP contribution < -0.4 is 0 Å². The summed E-state index contributed by atoms with van der Waals surface area (Å²) in [5.74, 6) is -0.238. The van der Waals surface area contributed by atoms with Crippen molar-refractivity contribution in [3.63, 3.8) is 0 Å². The molecule has 0 unspecified atom stereocenters. The second-order valence-electron chi connectivity index (χ2n) is 6.74. The predicted octanol–water partition coefficient (Wildman–Crippen LogP) is 2.73. The largest absolute Gasteiger partial charge is 0.465 e. The predicted molar refractivity (Wildman–Crippen MR) is 64.4 cm³/mol. The van der Waals surface area contributed by atoms with Gasteiger partial charge >= 0.3 is 5.97 Å². The van der Waals surface area contributed by atoms with Crippen molar-refractivity contribution in [2.45, 2.75) is 53.4 Å². The van der Waals surface area contributed by atoms with Crippen LogP contribution in [0, 0.1) is 16.2 Å². The summed E-state index contributed by atoms with van der Waals surface area (Å²) in [5, 5.41) is 0. The first-order valence-corrected chi connectivity index (χ1v) is 6.48. The van der Waals surface area contributed by atoms with Gasteiger partial charge in [-0.2, -0.15) is 0 Å². The highest BCUT2D eigenvalue weighted by molar-refractivity contribution is 6.07. The lowest BCUT2D eigenvalue weighted by Crippen LogP contribution is -2.55. The molecule has 0 amide bonds. The number of esters is 1. The molecule has 2 fully saturated rings. The fourth-order valence-electron chi connectivity index (χ4n) is 3.14. The number of rotatable bonds is 3. The van der Waals surface area contributed by atoms with Crippen LogP contribution in [0.2, 0.25) is 0 Å². The van der Waals surface area contributed by atoms with Crippen LogP contribution in [0.15, 0.2) is 0 Å². The van der Waals surface area contributed by atoms with Gasteiger partial charge in [-0.15, -0.1) is 0 Å². The van der Waals surface area contributed by atoms with Crippen molar-refractivity contribution >= 4 is 11.8 Å². The molecule has 0 aromatic rings. The Balaban J connectivity index is 2.20. The summed E-state index contributed by atoms with van der Waals surface area (Å²) in [6, 6.07) is 0. The average molecular weight is 238 g/mol. The topological polar surface area (TPSA) is 43.4 Å². The molecule has 0 aromatic heterocycles. The summed E-state index contributed by atoms with van der Waals surface area (Å²) in [7, 11) is 0. The fraction of sp³-hybridized carbons (Fsp3) is 0.857. The molecule has 0 aliphatic heterocycles. The van der Waals surface area contributed by atoms with Crippen LogP contribution in [0.3, 0.4) is 0 Å². The molecule has 0 radical (unpaired) electrons. The highest BCUT2D eigenvalue weighted by atomic mass is 16.5. The van der Waals surface area contributed by atoms with E-state index in [1.54, 1.807) is 6.92 Å². The Labute approximate surface area is 103 Å². The van der Waals surface area contributed by atoms with E-state index in [2.05, 4.69) is 0 Å². The molecule has 0 heterocycles. The SMILES string of the molecule is CCOC(=O)C1(C(=O)C(C)(C)C)CC2(CC2)C1. The van der Waals surface area contributed by atoms with Gasteiger partial charge in [0.15, 0.2) is 5.78 Å². The van der Waals surface area contributed by atoms with Crippen LogP contribution in [-0.4, -0.2) is 18.4 Å². The van der Waals surface area contributed by atoms with Gasteiger partial charge in [-0.05, 0) is 38.0 Å². The molecule has 1 spiro atoms. The van der Waals surface area contributed by atoms with Gasteiger partial charge < -0.3 is 4.74 Å².